The molecule has 1 heterocycles. The molecular formula is C15H13IN4O. The third-order valence-electron chi connectivity index (χ3n) is 3.07. The number of carbonyl (C=O) groups is 1. The molecule has 0 spiro atoms. The topological polar surface area (TPSA) is 69.8 Å². The van der Waals surface area contributed by atoms with Gasteiger partial charge in [-0.3, -0.25) is 5.10 Å². The molecule has 0 atom stereocenters. The molecule has 106 valence electrons. The van der Waals surface area contributed by atoms with E-state index in [1.165, 1.54) is 0 Å². The second kappa shape index (κ2) is 6.13. The summed E-state index contributed by atoms with van der Waals surface area (Å²) in [6, 6.07) is 15.2. The van der Waals surface area contributed by atoms with Gasteiger partial charge in [0.1, 0.15) is 3.70 Å². The monoisotopic (exact) mass is 392 g/mol. The lowest BCUT2D eigenvalue weighted by atomic mass is 10.2. The van der Waals surface area contributed by atoms with Gasteiger partial charge >= 0.3 is 6.03 Å². The van der Waals surface area contributed by atoms with Crippen molar-refractivity contribution in [1.82, 2.24) is 15.5 Å². The lowest BCUT2D eigenvalue weighted by molar-refractivity contribution is 0.251. The molecule has 0 radical (unpaired) electrons. The zero-order valence-electron chi connectivity index (χ0n) is 11.1. The number of fused-ring (bicyclic) bond motifs is 1. The Hall–Kier alpha value is -2.09. The minimum atomic E-state index is -0.225. The summed E-state index contributed by atoms with van der Waals surface area (Å²) in [6.45, 7) is 0.498. The van der Waals surface area contributed by atoms with Crippen LogP contribution in [0.25, 0.3) is 10.9 Å². The van der Waals surface area contributed by atoms with E-state index in [0.717, 1.165) is 25.9 Å². The van der Waals surface area contributed by atoms with Gasteiger partial charge in [0.2, 0.25) is 0 Å². The van der Waals surface area contributed by atoms with Gasteiger partial charge in [-0.1, -0.05) is 30.3 Å². The van der Waals surface area contributed by atoms with Crippen LogP contribution >= 0.6 is 22.6 Å². The molecular weight excluding hydrogens is 379 g/mol. The first kappa shape index (κ1) is 13.9. The molecule has 2 aromatic carbocycles. The summed E-state index contributed by atoms with van der Waals surface area (Å²) in [5, 5.41) is 13.7. The van der Waals surface area contributed by atoms with E-state index in [4.69, 9.17) is 0 Å². The van der Waals surface area contributed by atoms with Gasteiger partial charge in [-0.15, -0.1) is 0 Å². The van der Waals surface area contributed by atoms with Crippen LogP contribution < -0.4 is 10.6 Å². The lowest BCUT2D eigenvalue weighted by Crippen LogP contribution is -2.28. The Morgan fingerprint density at radius 1 is 1.19 bits per heavy atom. The van der Waals surface area contributed by atoms with E-state index in [0.29, 0.717) is 6.54 Å². The van der Waals surface area contributed by atoms with Crippen LogP contribution in [0, 0.1) is 3.70 Å². The summed E-state index contributed by atoms with van der Waals surface area (Å²) in [5.74, 6) is 0. The van der Waals surface area contributed by atoms with Crippen LogP contribution in [0.3, 0.4) is 0 Å². The van der Waals surface area contributed by atoms with Crippen molar-refractivity contribution in [3.63, 3.8) is 0 Å². The number of halogens is 1. The smallest absolute Gasteiger partial charge is 0.319 e. The van der Waals surface area contributed by atoms with Crippen molar-refractivity contribution < 1.29 is 4.79 Å². The van der Waals surface area contributed by atoms with E-state index < -0.39 is 0 Å². The minimum Gasteiger partial charge on any atom is -0.334 e. The zero-order chi connectivity index (χ0) is 14.7. The highest BCUT2D eigenvalue weighted by molar-refractivity contribution is 14.1. The van der Waals surface area contributed by atoms with E-state index in [1.807, 2.05) is 48.5 Å². The highest BCUT2D eigenvalue weighted by Gasteiger charge is 2.06. The molecule has 0 aliphatic carbocycles. The molecule has 1 aromatic heterocycles. The molecule has 2 amide bonds. The summed E-state index contributed by atoms with van der Waals surface area (Å²) in [4.78, 5) is 11.9. The van der Waals surface area contributed by atoms with Crippen LogP contribution in [0.4, 0.5) is 10.5 Å². The number of carbonyl (C=O) groups excluding carboxylic acids is 1. The molecule has 5 nitrogen and oxygen atoms in total. The number of hydrogen-bond donors (Lipinski definition) is 3. The van der Waals surface area contributed by atoms with E-state index in [1.54, 1.807) is 0 Å². The number of amides is 2. The van der Waals surface area contributed by atoms with Gasteiger partial charge in [0.25, 0.3) is 0 Å². The van der Waals surface area contributed by atoms with E-state index in [9.17, 15) is 4.79 Å². The van der Waals surface area contributed by atoms with Crippen molar-refractivity contribution in [3.8, 4) is 0 Å². The Morgan fingerprint density at radius 2 is 2.00 bits per heavy atom. The predicted molar refractivity (Wildman–Crippen MR) is 91.1 cm³/mol. The Bertz CT molecular complexity index is 770. The SMILES string of the molecule is O=C(NCc1ccccc1)Nc1ccc2[nH]nc(I)c2c1. The number of benzene rings is 2. The number of nitrogens with zero attached hydrogens (tertiary/aromatic N) is 1. The fraction of sp³-hybridized carbons (Fsp3) is 0.0667. The van der Waals surface area contributed by atoms with Gasteiger partial charge < -0.3 is 10.6 Å². The van der Waals surface area contributed by atoms with Crippen molar-refractivity contribution in [2.75, 3.05) is 5.32 Å². The fourth-order valence-electron chi connectivity index (χ4n) is 2.01. The molecule has 0 unspecified atom stereocenters. The van der Waals surface area contributed by atoms with Gasteiger partial charge in [0.05, 0.1) is 5.52 Å². The maximum absolute atomic E-state index is 11.9. The molecule has 21 heavy (non-hydrogen) atoms. The molecule has 0 saturated heterocycles. The van der Waals surface area contributed by atoms with Gasteiger partial charge in [-0.2, -0.15) is 5.10 Å². The minimum absolute atomic E-state index is 0.225. The lowest BCUT2D eigenvalue weighted by Gasteiger charge is -2.07. The highest BCUT2D eigenvalue weighted by atomic mass is 127. The fourth-order valence-corrected chi connectivity index (χ4v) is 2.58. The molecule has 6 heteroatoms. The van der Waals surface area contributed by atoms with Crippen LogP contribution in [-0.2, 0) is 6.54 Å². The number of nitrogens with one attached hydrogen (secondary N) is 3. The molecule has 0 bridgehead atoms. The first-order chi connectivity index (χ1) is 10.2. The summed E-state index contributed by atoms with van der Waals surface area (Å²) >= 11 is 2.16. The van der Waals surface area contributed by atoms with Crippen molar-refractivity contribution in [2.24, 2.45) is 0 Å². The summed E-state index contributed by atoms with van der Waals surface area (Å²) in [5.41, 5.74) is 2.76. The molecule has 0 fully saturated rings. The average Bonchev–Trinajstić information content (AvgIpc) is 2.87. The first-order valence-corrected chi connectivity index (χ1v) is 7.52. The van der Waals surface area contributed by atoms with Crippen molar-refractivity contribution in [2.45, 2.75) is 6.54 Å². The van der Waals surface area contributed by atoms with Crippen LogP contribution in [0.5, 0.6) is 0 Å². The summed E-state index contributed by atoms with van der Waals surface area (Å²) < 4.78 is 0.885. The van der Waals surface area contributed by atoms with Gasteiger partial charge in [0, 0.05) is 17.6 Å². The van der Waals surface area contributed by atoms with E-state index in [2.05, 4.69) is 43.4 Å². The second-order valence-corrected chi connectivity index (χ2v) is 5.59. The van der Waals surface area contributed by atoms with Crippen LogP contribution in [0.1, 0.15) is 5.56 Å². The maximum atomic E-state index is 11.9. The van der Waals surface area contributed by atoms with Crippen LogP contribution in [0.2, 0.25) is 0 Å². The molecule has 0 aliphatic rings. The van der Waals surface area contributed by atoms with E-state index >= 15 is 0 Å². The molecule has 0 saturated carbocycles. The number of rotatable bonds is 3. The molecule has 0 aliphatic heterocycles. The number of urea groups is 1. The van der Waals surface area contributed by atoms with Crippen LogP contribution in [-0.4, -0.2) is 16.2 Å². The number of H-pyrrole nitrogens is 1. The third kappa shape index (κ3) is 3.33. The Kier molecular flexibility index (Phi) is 4.05. The molecule has 3 N–H and O–H groups in total. The second-order valence-electron chi connectivity index (χ2n) is 4.57. The van der Waals surface area contributed by atoms with Crippen molar-refractivity contribution in [3.05, 3.63) is 57.8 Å². The number of anilines is 1. The third-order valence-corrected chi connectivity index (χ3v) is 3.89. The van der Waals surface area contributed by atoms with Gasteiger partial charge in [-0.25, -0.2) is 4.79 Å². The average molecular weight is 392 g/mol. The van der Waals surface area contributed by atoms with Crippen molar-refractivity contribution in [1.29, 1.82) is 0 Å². The Morgan fingerprint density at radius 3 is 2.81 bits per heavy atom. The summed E-state index contributed by atoms with van der Waals surface area (Å²) in [6.07, 6.45) is 0. The Balaban J connectivity index is 1.64. The Labute approximate surface area is 135 Å². The van der Waals surface area contributed by atoms with Gasteiger partial charge in [0.15, 0.2) is 0 Å². The number of aromatic nitrogens is 2. The number of aromatic amines is 1. The van der Waals surface area contributed by atoms with Crippen molar-refractivity contribution >= 4 is 45.2 Å². The quantitative estimate of drug-likeness (QED) is 0.598. The standard InChI is InChI=1S/C15H13IN4O/c16-14-12-8-11(6-7-13(12)19-20-14)18-15(21)17-9-10-4-2-1-3-5-10/h1-8H,9H2,(H,19,20)(H2,17,18,21). The van der Waals surface area contributed by atoms with Gasteiger partial charge in [-0.05, 0) is 46.4 Å². The maximum Gasteiger partial charge on any atom is 0.319 e. The highest BCUT2D eigenvalue weighted by Crippen LogP contribution is 2.21. The first-order valence-electron chi connectivity index (χ1n) is 6.45. The number of hydrogen-bond acceptors (Lipinski definition) is 2. The normalized spacial score (nSPS) is 10.5. The molecule has 3 aromatic rings. The largest absolute Gasteiger partial charge is 0.334 e. The molecule has 3 rings (SSSR count). The van der Waals surface area contributed by atoms with E-state index in [-0.39, 0.29) is 6.03 Å². The summed E-state index contributed by atoms with van der Waals surface area (Å²) in [7, 11) is 0. The predicted octanol–water partition coefficient (Wildman–Crippen LogP) is 3.49. The van der Waals surface area contributed by atoms with Crippen LogP contribution in [0.15, 0.2) is 48.5 Å². The zero-order valence-corrected chi connectivity index (χ0v) is 13.2.